The molecule has 2 N–H and O–H groups in total. The Morgan fingerprint density at radius 1 is 1.30 bits per heavy atom. The van der Waals surface area contributed by atoms with Gasteiger partial charge in [-0.25, -0.2) is 4.79 Å². The van der Waals surface area contributed by atoms with Gasteiger partial charge in [0.05, 0.1) is 18.1 Å². The van der Waals surface area contributed by atoms with Crippen molar-refractivity contribution in [1.29, 1.82) is 5.26 Å². The van der Waals surface area contributed by atoms with Gasteiger partial charge in [-0.15, -0.1) is 0 Å². The second-order valence-electron chi connectivity index (χ2n) is 5.10. The lowest BCUT2D eigenvalue weighted by molar-refractivity contribution is -0.142. The maximum absolute atomic E-state index is 12.4. The lowest BCUT2D eigenvalue weighted by Crippen LogP contribution is -2.42. The molecule has 0 saturated carbocycles. The zero-order chi connectivity index (χ0) is 17.6. The molecule has 5 nitrogen and oxygen atoms in total. The first-order valence-corrected chi connectivity index (χ1v) is 6.71. The number of nitrogens with one attached hydrogen (secondary N) is 1. The molecule has 0 fully saturated rings. The highest BCUT2D eigenvalue weighted by molar-refractivity contribution is 5.84. The van der Waals surface area contributed by atoms with Crippen LogP contribution in [0.25, 0.3) is 0 Å². The molecule has 0 radical (unpaired) electrons. The van der Waals surface area contributed by atoms with Gasteiger partial charge in [-0.2, -0.15) is 18.4 Å². The lowest BCUT2D eigenvalue weighted by atomic mass is 10.0. The summed E-state index contributed by atoms with van der Waals surface area (Å²) in [4.78, 5) is 22.8. The molecule has 2 atom stereocenters. The number of carbonyl (C=O) groups is 2. The summed E-state index contributed by atoms with van der Waals surface area (Å²) in [5, 5.41) is 20.0. The predicted octanol–water partition coefficient (Wildman–Crippen LogP) is 2.37. The molecule has 0 spiro atoms. The Labute approximate surface area is 130 Å². The highest BCUT2D eigenvalue weighted by atomic mass is 19.4. The number of carboxylic acids is 1. The van der Waals surface area contributed by atoms with Gasteiger partial charge in [-0.1, -0.05) is 12.1 Å². The third kappa shape index (κ3) is 5.98. The van der Waals surface area contributed by atoms with Gasteiger partial charge in [-0.3, -0.25) is 4.79 Å². The monoisotopic (exact) mass is 328 g/mol. The Bertz CT molecular complexity index is 606. The van der Waals surface area contributed by atoms with Gasteiger partial charge in [0.2, 0.25) is 5.91 Å². The quantitative estimate of drug-likeness (QED) is 0.839. The van der Waals surface area contributed by atoms with Crippen molar-refractivity contribution < 1.29 is 27.9 Å². The number of alkyl halides is 3. The second-order valence-corrected chi connectivity index (χ2v) is 5.10. The number of benzene rings is 1. The van der Waals surface area contributed by atoms with Crippen molar-refractivity contribution in [1.82, 2.24) is 5.32 Å². The van der Waals surface area contributed by atoms with E-state index in [4.69, 9.17) is 10.4 Å². The molecule has 1 amide bonds. The third-order valence-corrected chi connectivity index (χ3v) is 3.09. The number of hydrogen-bond acceptors (Lipinski definition) is 3. The number of nitrogens with zero attached hydrogens (tertiary/aromatic N) is 1. The van der Waals surface area contributed by atoms with Crippen LogP contribution in [0.2, 0.25) is 0 Å². The van der Waals surface area contributed by atoms with Gasteiger partial charge in [0.1, 0.15) is 6.04 Å². The number of amides is 1. The molecule has 0 aliphatic heterocycles. The predicted molar refractivity (Wildman–Crippen MR) is 74.1 cm³/mol. The number of hydrogen-bond donors (Lipinski definition) is 2. The largest absolute Gasteiger partial charge is 0.480 e. The summed E-state index contributed by atoms with van der Waals surface area (Å²) in [5.74, 6) is -2.46. The fraction of sp³-hybridized carbons (Fsp3) is 0.400. The van der Waals surface area contributed by atoms with Gasteiger partial charge in [0.25, 0.3) is 0 Å². The van der Waals surface area contributed by atoms with E-state index < -0.39 is 35.6 Å². The first-order chi connectivity index (χ1) is 10.6. The van der Waals surface area contributed by atoms with E-state index in [1.807, 2.05) is 6.07 Å². The van der Waals surface area contributed by atoms with Crippen LogP contribution in [0.5, 0.6) is 0 Å². The molecule has 1 aromatic carbocycles. The van der Waals surface area contributed by atoms with E-state index in [-0.39, 0.29) is 12.8 Å². The van der Waals surface area contributed by atoms with Crippen molar-refractivity contribution >= 4 is 11.9 Å². The number of carboxylic acid groups (broad SMARTS) is 1. The summed E-state index contributed by atoms with van der Waals surface area (Å²) >= 11 is 0. The summed E-state index contributed by atoms with van der Waals surface area (Å²) < 4.78 is 37.3. The van der Waals surface area contributed by atoms with Crippen LogP contribution in [-0.2, 0) is 22.2 Å². The number of halogens is 3. The topological polar surface area (TPSA) is 90.2 Å². The Kier molecular flexibility index (Phi) is 6.13. The molecule has 0 bridgehead atoms. The highest BCUT2D eigenvalue weighted by Crippen LogP contribution is 2.29. The van der Waals surface area contributed by atoms with Crippen LogP contribution in [0.4, 0.5) is 13.2 Å². The van der Waals surface area contributed by atoms with Crippen LogP contribution in [0.15, 0.2) is 24.3 Å². The summed E-state index contributed by atoms with van der Waals surface area (Å²) in [6, 6.07) is 4.69. The molecule has 0 aliphatic rings. The molecule has 124 valence electrons. The smallest absolute Gasteiger partial charge is 0.416 e. The Morgan fingerprint density at radius 2 is 1.87 bits per heavy atom. The number of nitriles is 1. The van der Waals surface area contributed by atoms with E-state index in [1.165, 1.54) is 6.92 Å². The van der Waals surface area contributed by atoms with Crippen molar-refractivity contribution in [2.75, 3.05) is 0 Å². The standard InChI is InChI=1S/C15H15F3N2O3/c1-9(8-19)6-12(14(22)23)20-13(21)7-10-2-4-11(5-3-10)15(16,17)18/h2-5,9,12H,6-7H2,1H3,(H,20,21)(H,22,23)/t9-,12-/m1/s1. The zero-order valence-corrected chi connectivity index (χ0v) is 12.2. The first-order valence-electron chi connectivity index (χ1n) is 6.71. The number of aliphatic carboxylic acids is 1. The average molecular weight is 328 g/mol. The van der Waals surface area contributed by atoms with Crippen LogP contribution in [0.1, 0.15) is 24.5 Å². The van der Waals surface area contributed by atoms with Gasteiger partial charge < -0.3 is 10.4 Å². The van der Waals surface area contributed by atoms with Crippen LogP contribution in [0.3, 0.4) is 0 Å². The highest BCUT2D eigenvalue weighted by Gasteiger charge is 2.30. The fourth-order valence-corrected chi connectivity index (χ4v) is 1.87. The van der Waals surface area contributed by atoms with Crippen molar-refractivity contribution in [3.63, 3.8) is 0 Å². The summed E-state index contributed by atoms with van der Waals surface area (Å²) in [6.45, 7) is 1.53. The van der Waals surface area contributed by atoms with Gasteiger partial charge in [0, 0.05) is 5.92 Å². The second kappa shape index (κ2) is 7.63. The first kappa shape index (κ1) is 18.5. The Hall–Kier alpha value is -2.56. The molecule has 23 heavy (non-hydrogen) atoms. The maximum atomic E-state index is 12.4. The average Bonchev–Trinajstić information content (AvgIpc) is 2.45. The molecule has 0 heterocycles. The molecule has 0 aliphatic carbocycles. The molecule has 1 aromatic rings. The molecular weight excluding hydrogens is 313 g/mol. The minimum atomic E-state index is -4.46. The fourth-order valence-electron chi connectivity index (χ4n) is 1.87. The van der Waals surface area contributed by atoms with Crippen LogP contribution < -0.4 is 5.32 Å². The molecule has 1 rings (SSSR count). The van der Waals surface area contributed by atoms with E-state index in [0.29, 0.717) is 5.56 Å². The normalized spacial score (nSPS) is 13.7. The van der Waals surface area contributed by atoms with Gasteiger partial charge >= 0.3 is 12.1 Å². The van der Waals surface area contributed by atoms with E-state index in [0.717, 1.165) is 24.3 Å². The van der Waals surface area contributed by atoms with Gasteiger partial charge in [0.15, 0.2) is 0 Å². The molecule has 0 saturated heterocycles. The van der Waals surface area contributed by atoms with Gasteiger partial charge in [-0.05, 0) is 31.0 Å². The van der Waals surface area contributed by atoms with Crippen molar-refractivity contribution in [3.8, 4) is 6.07 Å². The zero-order valence-electron chi connectivity index (χ0n) is 12.2. The van der Waals surface area contributed by atoms with E-state index in [9.17, 15) is 22.8 Å². The SMILES string of the molecule is C[C@@H](C#N)C[C@@H](NC(=O)Cc1ccc(C(F)(F)F)cc1)C(=O)O. The van der Waals surface area contributed by atoms with E-state index >= 15 is 0 Å². The van der Waals surface area contributed by atoms with Crippen molar-refractivity contribution in [3.05, 3.63) is 35.4 Å². The summed E-state index contributed by atoms with van der Waals surface area (Å²) in [7, 11) is 0. The summed E-state index contributed by atoms with van der Waals surface area (Å²) in [5.41, 5.74) is -0.499. The third-order valence-electron chi connectivity index (χ3n) is 3.09. The lowest BCUT2D eigenvalue weighted by Gasteiger charge is -2.15. The maximum Gasteiger partial charge on any atom is 0.416 e. The number of rotatable bonds is 6. The Morgan fingerprint density at radius 3 is 2.30 bits per heavy atom. The van der Waals surface area contributed by atoms with Crippen LogP contribution in [-0.4, -0.2) is 23.0 Å². The molecular formula is C15H15F3N2O3. The van der Waals surface area contributed by atoms with E-state index in [2.05, 4.69) is 5.32 Å². The van der Waals surface area contributed by atoms with E-state index in [1.54, 1.807) is 0 Å². The van der Waals surface area contributed by atoms with Crippen LogP contribution in [0, 0.1) is 17.2 Å². The van der Waals surface area contributed by atoms with Crippen LogP contribution >= 0.6 is 0 Å². The molecule has 8 heteroatoms. The van der Waals surface area contributed by atoms with Crippen molar-refractivity contribution in [2.24, 2.45) is 5.92 Å². The minimum absolute atomic E-state index is 0.0510. The minimum Gasteiger partial charge on any atom is -0.480 e. The summed E-state index contributed by atoms with van der Waals surface area (Å²) in [6.07, 6.45) is -4.75. The van der Waals surface area contributed by atoms with Crippen molar-refractivity contribution in [2.45, 2.75) is 32.0 Å². The molecule has 0 unspecified atom stereocenters. The molecule has 0 aromatic heterocycles. The number of carbonyl (C=O) groups excluding carboxylic acids is 1. The Balaban J connectivity index is 2.68.